The number of amides is 1. The van der Waals surface area contributed by atoms with Gasteiger partial charge in [-0.2, -0.15) is 0 Å². The molecule has 2 rings (SSSR count). The Kier molecular flexibility index (Phi) is 6.62. The number of rotatable bonds is 4. The van der Waals surface area contributed by atoms with E-state index in [0.29, 0.717) is 21.8 Å². The third-order valence-electron chi connectivity index (χ3n) is 4.20. The Labute approximate surface area is 163 Å². The molecule has 0 atom stereocenters. The molecule has 1 amide bonds. The third-order valence-corrected chi connectivity index (χ3v) is 4.44. The normalized spacial score (nSPS) is 17.2. The number of carbonyl (C=O) groups excluding carboxylic acids is 1. The summed E-state index contributed by atoms with van der Waals surface area (Å²) in [5.41, 5.74) is 0.501. The molecule has 1 N–H and O–H groups in total. The van der Waals surface area contributed by atoms with Crippen LogP contribution in [0.1, 0.15) is 64.7 Å². The van der Waals surface area contributed by atoms with Crippen molar-refractivity contribution in [1.82, 2.24) is 10.2 Å². The lowest BCUT2D eigenvalue weighted by molar-refractivity contribution is 0.0782. The molecule has 1 aromatic rings. The number of hydrogen-bond acceptors (Lipinski definition) is 3. The minimum atomic E-state index is -0.311. The Bertz CT molecular complexity index is 624. The number of benzene rings is 1. The van der Waals surface area contributed by atoms with Crippen LogP contribution in [0.2, 0.25) is 5.02 Å². The molecule has 5 heteroatoms. The molecule has 1 aromatic carbocycles. The van der Waals surface area contributed by atoms with Gasteiger partial charge in [0, 0.05) is 30.2 Å². The maximum atomic E-state index is 12.6. The van der Waals surface area contributed by atoms with E-state index in [1.807, 2.05) is 20.8 Å². The minimum absolute atomic E-state index is 0.133. The van der Waals surface area contributed by atoms with Crippen LogP contribution in [0.25, 0.3) is 0 Å². The van der Waals surface area contributed by atoms with Crippen LogP contribution in [0, 0.1) is 5.41 Å². The summed E-state index contributed by atoms with van der Waals surface area (Å²) in [5, 5.41) is 3.53. The molecule has 1 saturated heterocycles. The van der Waals surface area contributed by atoms with Crippen LogP contribution in [0.5, 0.6) is 5.75 Å². The molecular weight excluding hydrogens is 348 g/mol. The highest BCUT2D eigenvalue weighted by Gasteiger charge is 2.26. The largest absolute Gasteiger partial charge is 0.489 e. The van der Waals surface area contributed by atoms with E-state index in [4.69, 9.17) is 16.3 Å². The van der Waals surface area contributed by atoms with E-state index in [1.54, 1.807) is 18.2 Å². The predicted octanol–water partition coefficient (Wildman–Crippen LogP) is 4.76. The van der Waals surface area contributed by atoms with Crippen LogP contribution in [0.4, 0.5) is 0 Å². The van der Waals surface area contributed by atoms with Gasteiger partial charge in [-0.25, -0.2) is 0 Å². The highest BCUT2D eigenvalue weighted by atomic mass is 35.5. The topological polar surface area (TPSA) is 41.6 Å². The van der Waals surface area contributed by atoms with Gasteiger partial charge in [0.2, 0.25) is 0 Å². The predicted molar refractivity (Wildman–Crippen MR) is 108 cm³/mol. The second kappa shape index (κ2) is 8.18. The van der Waals surface area contributed by atoms with Gasteiger partial charge in [0.15, 0.2) is 0 Å². The summed E-state index contributed by atoms with van der Waals surface area (Å²) >= 11 is 6.11. The lowest BCUT2D eigenvalue weighted by Gasteiger charge is -2.36. The van der Waals surface area contributed by atoms with Crippen molar-refractivity contribution in [2.75, 3.05) is 19.6 Å². The molecule has 1 aliphatic rings. The summed E-state index contributed by atoms with van der Waals surface area (Å²) < 4.78 is 6.21. The number of halogens is 1. The van der Waals surface area contributed by atoms with E-state index >= 15 is 0 Å². The second-order valence-electron chi connectivity index (χ2n) is 9.50. The monoisotopic (exact) mass is 380 g/mol. The van der Waals surface area contributed by atoms with Crippen LogP contribution >= 0.6 is 11.6 Å². The van der Waals surface area contributed by atoms with E-state index in [9.17, 15) is 4.79 Å². The molecular formula is C21H33ClN2O2. The number of nitrogens with one attached hydrogen (secondary N) is 1. The summed E-state index contributed by atoms with van der Waals surface area (Å²) in [6.45, 7) is 15.8. The van der Waals surface area contributed by atoms with Gasteiger partial charge >= 0.3 is 0 Å². The van der Waals surface area contributed by atoms with Crippen molar-refractivity contribution in [3.8, 4) is 5.75 Å². The molecule has 1 aliphatic heterocycles. The molecule has 1 fully saturated rings. The van der Waals surface area contributed by atoms with Crippen molar-refractivity contribution in [3.05, 3.63) is 28.8 Å². The van der Waals surface area contributed by atoms with E-state index < -0.39 is 0 Å². The number of carbonyl (C=O) groups is 1. The molecule has 0 saturated carbocycles. The van der Waals surface area contributed by atoms with Crippen LogP contribution in [-0.2, 0) is 0 Å². The molecule has 0 radical (unpaired) electrons. The number of ether oxygens (including phenoxy) is 1. The van der Waals surface area contributed by atoms with Gasteiger partial charge in [-0.3, -0.25) is 4.79 Å². The summed E-state index contributed by atoms with van der Waals surface area (Å²) in [7, 11) is 0. The molecule has 146 valence electrons. The van der Waals surface area contributed by atoms with E-state index in [1.165, 1.54) is 0 Å². The Morgan fingerprint density at radius 3 is 2.35 bits per heavy atom. The fraction of sp³-hybridized carbons (Fsp3) is 0.667. The van der Waals surface area contributed by atoms with Gasteiger partial charge in [0.05, 0.1) is 5.56 Å². The smallest absolute Gasteiger partial charge is 0.255 e. The first-order chi connectivity index (χ1) is 11.9. The molecule has 0 unspecified atom stereocenters. The van der Waals surface area contributed by atoms with E-state index in [-0.39, 0.29) is 17.6 Å². The Morgan fingerprint density at radius 2 is 1.81 bits per heavy atom. The van der Waals surface area contributed by atoms with Crippen LogP contribution in [0.3, 0.4) is 0 Å². The Balaban J connectivity index is 2.03. The lowest BCUT2D eigenvalue weighted by atomic mass is 9.94. The van der Waals surface area contributed by atoms with Crippen molar-refractivity contribution in [2.45, 2.75) is 66.0 Å². The van der Waals surface area contributed by atoms with Crippen molar-refractivity contribution >= 4 is 17.5 Å². The molecule has 0 bridgehead atoms. The zero-order chi connectivity index (χ0) is 19.5. The minimum Gasteiger partial charge on any atom is -0.489 e. The quantitative estimate of drug-likeness (QED) is 0.818. The molecule has 26 heavy (non-hydrogen) atoms. The summed E-state index contributed by atoms with van der Waals surface area (Å²) in [6.07, 6.45) is 2.08. The number of nitrogens with zero attached hydrogens (tertiary/aromatic N) is 1. The van der Waals surface area contributed by atoms with Gasteiger partial charge in [-0.1, -0.05) is 32.4 Å². The van der Waals surface area contributed by atoms with E-state index in [0.717, 1.165) is 32.5 Å². The van der Waals surface area contributed by atoms with Gasteiger partial charge in [0.1, 0.15) is 11.9 Å². The van der Waals surface area contributed by atoms with E-state index in [2.05, 4.69) is 31.0 Å². The first kappa shape index (κ1) is 21.0. The first-order valence-electron chi connectivity index (χ1n) is 9.44. The third kappa shape index (κ3) is 6.81. The lowest BCUT2D eigenvalue weighted by Crippen LogP contribution is -2.42. The molecule has 0 spiro atoms. The van der Waals surface area contributed by atoms with Crippen LogP contribution in [0.15, 0.2) is 18.2 Å². The highest BCUT2D eigenvalue weighted by Crippen LogP contribution is 2.27. The standard InChI is InChI=1S/C21H33ClN2O2/c1-20(2,3)14-24-11-9-16(10-12-24)26-18-8-7-15(22)13-17(18)19(25)23-21(4,5)6/h7-8,13,16H,9-12,14H2,1-6H3,(H,23,25). The van der Waals surface area contributed by atoms with Gasteiger partial charge in [-0.05, 0) is 57.2 Å². The van der Waals surface area contributed by atoms with Crippen LogP contribution in [-0.4, -0.2) is 42.1 Å². The van der Waals surface area contributed by atoms with Crippen molar-refractivity contribution < 1.29 is 9.53 Å². The van der Waals surface area contributed by atoms with Crippen LogP contribution < -0.4 is 10.1 Å². The molecule has 4 nitrogen and oxygen atoms in total. The fourth-order valence-corrected chi connectivity index (χ4v) is 3.40. The van der Waals surface area contributed by atoms with Gasteiger partial charge in [0.25, 0.3) is 5.91 Å². The zero-order valence-corrected chi connectivity index (χ0v) is 17.7. The van der Waals surface area contributed by atoms with Crippen molar-refractivity contribution in [2.24, 2.45) is 5.41 Å². The second-order valence-corrected chi connectivity index (χ2v) is 9.94. The zero-order valence-electron chi connectivity index (χ0n) is 17.0. The summed E-state index contributed by atoms with van der Waals surface area (Å²) in [5.74, 6) is 0.464. The first-order valence-corrected chi connectivity index (χ1v) is 9.82. The fourth-order valence-electron chi connectivity index (χ4n) is 3.23. The molecule has 0 aromatic heterocycles. The van der Waals surface area contributed by atoms with Gasteiger partial charge in [-0.15, -0.1) is 0 Å². The number of likely N-dealkylation sites (tertiary alicyclic amines) is 1. The summed E-state index contributed by atoms with van der Waals surface area (Å²) in [6, 6.07) is 5.27. The maximum absolute atomic E-state index is 12.6. The Morgan fingerprint density at radius 1 is 1.19 bits per heavy atom. The van der Waals surface area contributed by atoms with Crippen molar-refractivity contribution in [3.63, 3.8) is 0 Å². The maximum Gasteiger partial charge on any atom is 0.255 e. The number of hydrogen-bond donors (Lipinski definition) is 1. The average molecular weight is 381 g/mol. The van der Waals surface area contributed by atoms with Crippen molar-refractivity contribution in [1.29, 1.82) is 0 Å². The molecule has 1 heterocycles. The Hall–Kier alpha value is -1.26. The highest BCUT2D eigenvalue weighted by molar-refractivity contribution is 6.31. The molecule has 0 aliphatic carbocycles. The summed E-state index contributed by atoms with van der Waals surface area (Å²) in [4.78, 5) is 15.1. The van der Waals surface area contributed by atoms with Gasteiger partial charge < -0.3 is 15.0 Å². The SMILES string of the molecule is CC(C)(C)CN1CCC(Oc2ccc(Cl)cc2C(=O)NC(C)(C)C)CC1. The average Bonchev–Trinajstić information content (AvgIpc) is 2.47. The number of piperidine rings is 1.